The zero-order valence-corrected chi connectivity index (χ0v) is 21.9. The molecule has 8 N–H and O–H groups in total. The molecule has 0 aliphatic heterocycles. The minimum atomic E-state index is -4.80. The molecule has 0 saturated heterocycles. The molecule has 0 spiro atoms. The third-order valence-corrected chi connectivity index (χ3v) is 6.99. The molecule has 0 aromatic heterocycles. The van der Waals surface area contributed by atoms with Crippen LogP contribution in [0.25, 0.3) is 16.8 Å². The predicted molar refractivity (Wildman–Crippen MR) is 143 cm³/mol. The van der Waals surface area contributed by atoms with Gasteiger partial charge in [0.15, 0.2) is 9.84 Å². The SMILES string of the molecule is CS(=O)(=O)c1cc(-c2ccc(N/C=C(\N)C(F)(F)F)c(N(N)/C(=C\N)c3ccc(Cl)cc3)c2)cc(F)c1CO. The molecule has 0 radical (unpaired) electrons. The highest BCUT2D eigenvalue weighted by atomic mass is 35.5. The van der Waals surface area contributed by atoms with Gasteiger partial charge in [0.1, 0.15) is 11.5 Å². The lowest BCUT2D eigenvalue weighted by atomic mass is 10.0. The second-order valence-electron chi connectivity index (χ2n) is 8.27. The van der Waals surface area contributed by atoms with Gasteiger partial charge in [-0.15, -0.1) is 0 Å². The summed E-state index contributed by atoms with van der Waals surface area (Å²) in [7, 11) is -3.93. The van der Waals surface area contributed by atoms with E-state index < -0.39 is 44.6 Å². The number of allylic oxidation sites excluding steroid dienone is 1. The van der Waals surface area contributed by atoms with E-state index in [-0.39, 0.29) is 28.2 Å². The minimum absolute atomic E-state index is 0.0533. The van der Waals surface area contributed by atoms with Crippen LogP contribution in [0.3, 0.4) is 0 Å². The van der Waals surface area contributed by atoms with Crippen molar-refractivity contribution in [3.05, 3.63) is 94.7 Å². The van der Waals surface area contributed by atoms with Gasteiger partial charge >= 0.3 is 6.18 Å². The molecule has 0 atom stereocenters. The van der Waals surface area contributed by atoms with Crippen LogP contribution in [0.1, 0.15) is 11.1 Å². The summed E-state index contributed by atoms with van der Waals surface area (Å²) in [6.45, 7) is -0.849. The Kier molecular flexibility index (Phi) is 8.80. The van der Waals surface area contributed by atoms with Gasteiger partial charge in [0.05, 0.1) is 28.6 Å². The highest BCUT2D eigenvalue weighted by Crippen LogP contribution is 2.36. The number of alkyl halides is 3. The number of anilines is 2. The molecule has 0 aliphatic carbocycles. The molecule has 0 amide bonds. The third kappa shape index (κ3) is 6.81. The van der Waals surface area contributed by atoms with E-state index in [9.17, 15) is 31.1 Å². The van der Waals surface area contributed by atoms with Crippen LogP contribution < -0.4 is 27.6 Å². The summed E-state index contributed by atoms with van der Waals surface area (Å²) >= 11 is 5.95. The number of rotatable bonds is 8. The minimum Gasteiger partial charge on any atom is -0.403 e. The van der Waals surface area contributed by atoms with Gasteiger partial charge in [-0.2, -0.15) is 13.2 Å². The van der Waals surface area contributed by atoms with Crippen LogP contribution in [0.5, 0.6) is 0 Å². The Morgan fingerprint density at radius 3 is 2.28 bits per heavy atom. The average molecular weight is 586 g/mol. The number of sulfone groups is 1. The molecule has 14 heteroatoms. The fourth-order valence-corrected chi connectivity index (χ4v) is 4.67. The lowest BCUT2D eigenvalue weighted by Crippen LogP contribution is -2.30. The van der Waals surface area contributed by atoms with Crippen LogP contribution in [-0.4, -0.2) is 26.0 Å². The number of halogens is 5. The van der Waals surface area contributed by atoms with Crippen LogP contribution in [0.15, 0.2) is 77.6 Å². The van der Waals surface area contributed by atoms with Crippen molar-refractivity contribution < 1.29 is 31.1 Å². The number of aliphatic hydroxyl groups excluding tert-OH is 1. The molecule has 0 heterocycles. The van der Waals surface area contributed by atoms with Gasteiger partial charge in [-0.1, -0.05) is 29.8 Å². The second kappa shape index (κ2) is 11.5. The van der Waals surface area contributed by atoms with Crippen molar-refractivity contribution in [2.45, 2.75) is 17.7 Å². The fraction of sp³-hybridized carbons (Fsp3) is 0.120. The molecule has 8 nitrogen and oxygen atoms in total. The van der Waals surface area contributed by atoms with E-state index in [2.05, 4.69) is 5.32 Å². The normalized spacial score (nSPS) is 12.9. The molecule has 0 fully saturated rings. The number of hydrazine groups is 1. The Labute approximate surface area is 226 Å². The Morgan fingerprint density at radius 2 is 1.74 bits per heavy atom. The molecular formula is C25H24ClF4N5O3S. The maximum Gasteiger partial charge on any atom is 0.432 e. The third-order valence-electron chi connectivity index (χ3n) is 5.57. The van der Waals surface area contributed by atoms with Crippen molar-refractivity contribution in [3.8, 4) is 11.1 Å². The Balaban J connectivity index is 2.21. The quantitative estimate of drug-likeness (QED) is 0.148. The summed E-state index contributed by atoms with van der Waals surface area (Å²) < 4.78 is 78.2. The van der Waals surface area contributed by atoms with E-state index in [1.54, 1.807) is 24.3 Å². The first-order valence-electron chi connectivity index (χ1n) is 11.0. The first-order chi connectivity index (χ1) is 18.2. The van der Waals surface area contributed by atoms with Crippen LogP contribution in [-0.2, 0) is 16.4 Å². The maximum atomic E-state index is 14.8. The van der Waals surface area contributed by atoms with Crippen molar-refractivity contribution in [1.29, 1.82) is 0 Å². The molecule has 39 heavy (non-hydrogen) atoms. The monoisotopic (exact) mass is 585 g/mol. The van der Waals surface area contributed by atoms with Crippen molar-refractivity contribution in [2.24, 2.45) is 17.3 Å². The number of hydrogen-bond acceptors (Lipinski definition) is 8. The second-order valence-corrected chi connectivity index (χ2v) is 10.7. The van der Waals surface area contributed by atoms with Gasteiger partial charge in [0.2, 0.25) is 0 Å². The summed E-state index contributed by atoms with van der Waals surface area (Å²) in [5.74, 6) is 5.40. The van der Waals surface area contributed by atoms with E-state index in [1.165, 1.54) is 24.3 Å². The van der Waals surface area contributed by atoms with Crippen LogP contribution in [0, 0.1) is 5.82 Å². The van der Waals surface area contributed by atoms with Gasteiger partial charge in [0, 0.05) is 34.8 Å². The predicted octanol–water partition coefficient (Wildman–Crippen LogP) is 4.45. The Morgan fingerprint density at radius 1 is 1.10 bits per heavy atom. The van der Waals surface area contributed by atoms with Crippen molar-refractivity contribution in [2.75, 3.05) is 16.6 Å². The summed E-state index contributed by atoms with van der Waals surface area (Å²) in [6.07, 6.45) is -2.23. The number of nitrogens with two attached hydrogens (primary N) is 3. The highest BCUT2D eigenvalue weighted by molar-refractivity contribution is 7.90. The summed E-state index contributed by atoms with van der Waals surface area (Å²) in [5, 5.41) is 13.5. The summed E-state index contributed by atoms with van der Waals surface area (Å²) in [4.78, 5) is -0.419. The van der Waals surface area contributed by atoms with E-state index in [0.29, 0.717) is 16.8 Å². The zero-order chi connectivity index (χ0) is 29.1. The number of hydrogen-bond donors (Lipinski definition) is 5. The number of nitrogens with one attached hydrogen (secondary N) is 1. The largest absolute Gasteiger partial charge is 0.432 e. The van der Waals surface area contributed by atoms with Crippen LogP contribution >= 0.6 is 11.6 Å². The standard InChI is InChI=1S/C25H24ClF4N5O3S/c1-39(37,38)23-10-16(8-19(27)18(23)13-36)15-4-7-20(34-12-24(32)25(28,29)30)21(9-15)35(33)22(11-31)14-2-5-17(26)6-3-14/h2-12,34,36H,13,31-33H2,1H3/b22-11-,24-12-. The summed E-state index contributed by atoms with van der Waals surface area (Å²) in [5.41, 5.74) is 10.3. The van der Waals surface area contributed by atoms with E-state index in [4.69, 9.17) is 28.9 Å². The van der Waals surface area contributed by atoms with Gasteiger partial charge in [0.25, 0.3) is 0 Å². The molecule has 0 bridgehead atoms. The Hall–Kier alpha value is -3.78. The topological polar surface area (TPSA) is 148 Å². The Bertz CT molecular complexity index is 1540. The van der Waals surface area contributed by atoms with Gasteiger partial charge in [-0.05, 0) is 47.5 Å². The van der Waals surface area contributed by atoms with Crippen LogP contribution in [0.2, 0.25) is 5.02 Å². The zero-order valence-electron chi connectivity index (χ0n) is 20.3. The van der Waals surface area contributed by atoms with Crippen molar-refractivity contribution >= 4 is 38.5 Å². The van der Waals surface area contributed by atoms with Gasteiger partial charge in [-0.25, -0.2) is 18.7 Å². The van der Waals surface area contributed by atoms with Crippen molar-refractivity contribution in [3.63, 3.8) is 0 Å². The maximum absolute atomic E-state index is 14.8. The lowest BCUT2D eigenvalue weighted by molar-refractivity contribution is -0.0927. The highest BCUT2D eigenvalue weighted by Gasteiger charge is 2.31. The number of nitrogens with zero attached hydrogens (tertiary/aromatic N) is 1. The molecule has 3 aromatic carbocycles. The van der Waals surface area contributed by atoms with Gasteiger partial charge in [-0.3, -0.25) is 5.01 Å². The molecule has 0 unspecified atom stereocenters. The van der Waals surface area contributed by atoms with Gasteiger partial charge < -0.3 is 21.9 Å². The smallest absolute Gasteiger partial charge is 0.403 e. The molecule has 0 saturated carbocycles. The fourth-order valence-electron chi connectivity index (χ4n) is 3.60. The molecule has 3 aromatic rings. The van der Waals surface area contributed by atoms with Crippen LogP contribution in [0.4, 0.5) is 28.9 Å². The lowest BCUT2D eigenvalue weighted by Gasteiger charge is -2.25. The molecule has 0 aliphatic rings. The van der Waals surface area contributed by atoms with E-state index in [1.807, 2.05) is 0 Å². The molecular weight excluding hydrogens is 562 g/mol. The summed E-state index contributed by atoms with van der Waals surface area (Å²) in [6, 6.07) is 12.7. The number of benzene rings is 3. The average Bonchev–Trinajstić information content (AvgIpc) is 2.87. The molecule has 3 rings (SSSR count). The number of aliphatic hydroxyl groups is 1. The van der Waals surface area contributed by atoms with E-state index >= 15 is 0 Å². The van der Waals surface area contributed by atoms with Crippen molar-refractivity contribution in [1.82, 2.24) is 0 Å². The van der Waals surface area contributed by atoms with E-state index in [0.717, 1.165) is 23.5 Å². The first kappa shape index (κ1) is 29.8. The first-order valence-corrected chi connectivity index (χ1v) is 13.2. The molecule has 208 valence electrons.